The van der Waals surface area contributed by atoms with Crippen molar-refractivity contribution >= 4 is 15.9 Å². The molecule has 0 aliphatic rings. The number of sulfonamides is 1. The monoisotopic (exact) mass is 378 g/mol. The molecule has 136 valence electrons. The fourth-order valence-electron chi connectivity index (χ4n) is 1.58. The topological polar surface area (TPSA) is 66.5 Å². The minimum Gasteiger partial charge on any atom is -0.343 e. The number of benzene rings is 1. The largest absolute Gasteiger partial charge is 0.405 e. The first-order valence-electron chi connectivity index (χ1n) is 6.20. The number of nitrogens with one attached hydrogen (secondary N) is 1. The van der Waals surface area contributed by atoms with Crippen LogP contribution in [0.3, 0.4) is 0 Å². The lowest BCUT2D eigenvalue weighted by atomic mass is 10.2. The third kappa shape index (κ3) is 6.00. The molecular weight excluding hydrogens is 366 g/mol. The van der Waals surface area contributed by atoms with Crippen LogP contribution in [0.4, 0.5) is 26.3 Å². The molecule has 0 aliphatic heterocycles. The van der Waals surface area contributed by atoms with E-state index >= 15 is 0 Å². The summed E-state index contributed by atoms with van der Waals surface area (Å²) in [6.07, 6.45) is -9.35. The molecule has 0 saturated carbocycles. The van der Waals surface area contributed by atoms with E-state index in [1.807, 2.05) is 0 Å². The number of rotatable bonds is 5. The minimum absolute atomic E-state index is 0.0751. The van der Waals surface area contributed by atoms with Crippen molar-refractivity contribution in [3.05, 3.63) is 29.8 Å². The van der Waals surface area contributed by atoms with Crippen molar-refractivity contribution < 1.29 is 39.6 Å². The number of alkyl halides is 6. The van der Waals surface area contributed by atoms with Gasteiger partial charge in [-0.1, -0.05) is 0 Å². The number of nitrogens with zero attached hydrogens (tertiary/aromatic N) is 1. The Balaban J connectivity index is 2.88. The molecule has 5 nitrogen and oxygen atoms in total. The minimum atomic E-state index is -4.74. The molecule has 24 heavy (non-hydrogen) atoms. The first-order valence-corrected chi connectivity index (χ1v) is 7.64. The summed E-state index contributed by atoms with van der Waals surface area (Å²) < 4.78 is 96.6. The smallest absolute Gasteiger partial charge is 0.343 e. The maximum atomic E-state index is 12.3. The number of carbonyl (C=O) groups is 1. The van der Waals surface area contributed by atoms with Gasteiger partial charge in [0.15, 0.2) is 0 Å². The quantitative estimate of drug-likeness (QED) is 0.799. The van der Waals surface area contributed by atoms with E-state index in [4.69, 9.17) is 0 Å². The molecule has 12 heteroatoms. The summed E-state index contributed by atoms with van der Waals surface area (Å²) in [5.41, 5.74) is -0.267. The van der Waals surface area contributed by atoms with Gasteiger partial charge < -0.3 is 5.32 Å². The molecule has 0 spiro atoms. The highest BCUT2D eigenvalue weighted by atomic mass is 32.2. The van der Waals surface area contributed by atoms with E-state index in [0.717, 1.165) is 31.3 Å². The summed E-state index contributed by atoms with van der Waals surface area (Å²) in [7, 11) is -3.72. The maximum absolute atomic E-state index is 12.3. The molecule has 0 unspecified atom stereocenters. The number of hydrogen-bond donors (Lipinski definition) is 1. The van der Waals surface area contributed by atoms with Gasteiger partial charge in [0.25, 0.3) is 5.91 Å². The van der Waals surface area contributed by atoms with E-state index in [1.165, 1.54) is 0 Å². The summed E-state index contributed by atoms with van der Waals surface area (Å²) in [6.45, 7) is -3.27. The van der Waals surface area contributed by atoms with Gasteiger partial charge >= 0.3 is 12.4 Å². The standard InChI is InChI=1S/C12H12F6N2O3S/c1-20(7-12(16,17)18)24(22,23)9-4-2-8(3-5-9)10(21)19-6-11(13,14)15/h2-5H,6-7H2,1H3,(H,19,21). The van der Waals surface area contributed by atoms with Crippen LogP contribution in [-0.4, -0.2) is 51.1 Å². The molecule has 1 N–H and O–H groups in total. The highest BCUT2D eigenvalue weighted by molar-refractivity contribution is 7.89. The lowest BCUT2D eigenvalue weighted by molar-refractivity contribution is -0.134. The average Bonchev–Trinajstić information content (AvgIpc) is 2.42. The molecule has 0 atom stereocenters. The van der Waals surface area contributed by atoms with E-state index in [0.29, 0.717) is 0 Å². The molecule has 0 fully saturated rings. The third-order valence-corrected chi connectivity index (χ3v) is 4.49. The molecule has 1 rings (SSSR count). The first-order chi connectivity index (χ1) is 10.7. The molecule has 0 aromatic heterocycles. The molecule has 0 heterocycles. The van der Waals surface area contributed by atoms with Crippen molar-refractivity contribution in [3.63, 3.8) is 0 Å². The summed E-state index contributed by atoms with van der Waals surface area (Å²) in [5.74, 6) is -1.10. The number of halogens is 6. The van der Waals surface area contributed by atoms with E-state index < -0.39 is 46.3 Å². The van der Waals surface area contributed by atoms with E-state index in [2.05, 4.69) is 0 Å². The molecule has 1 amide bonds. The van der Waals surface area contributed by atoms with Gasteiger partial charge in [0.05, 0.1) is 4.90 Å². The predicted octanol–water partition coefficient (Wildman–Crippen LogP) is 2.16. The van der Waals surface area contributed by atoms with Gasteiger partial charge in [-0.05, 0) is 24.3 Å². The van der Waals surface area contributed by atoms with Crippen LogP contribution in [-0.2, 0) is 10.0 Å². The van der Waals surface area contributed by atoms with Crippen LogP contribution < -0.4 is 5.32 Å². The van der Waals surface area contributed by atoms with Crippen molar-refractivity contribution in [1.82, 2.24) is 9.62 Å². The van der Waals surface area contributed by atoms with Crippen LogP contribution in [0.2, 0.25) is 0 Å². The normalized spacial score (nSPS) is 13.2. The second-order valence-corrected chi connectivity index (χ2v) is 6.74. The summed E-state index contributed by atoms with van der Waals surface area (Å²) in [5, 5.41) is 1.58. The van der Waals surface area contributed by atoms with Crippen LogP contribution in [0.1, 0.15) is 10.4 Å². The Labute approximate surface area is 133 Å². The lowest BCUT2D eigenvalue weighted by Crippen LogP contribution is -2.36. The van der Waals surface area contributed by atoms with Gasteiger partial charge in [0.2, 0.25) is 10.0 Å². The van der Waals surface area contributed by atoms with Crippen molar-refractivity contribution in [2.45, 2.75) is 17.2 Å². The Morgan fingerprint density at radius 3 is 1.96 bits per heavy atom. The van der Waals surface area contributed by atoms with Crippen molar-refractivity contribution in [2.75, 3.05) is 20.1 Å². The van der Waals surface area contributed by atoms with Gasteiger partial charge in [0.1, 0.15) is 13.1 Å². The Kier molecular flexibility index (Phi) is 5.87. The zero-order valence-electron chi connectivity index (χ0n) is 12.1. The van der Waals surface area contributed by atoms with Gasteiger partial charge in [-0.15, -0.1) is 0 Å². The van der Waals surface area contributed by atoms with Crippen LogP contribution in [0.5, 0.6) is 0 Å². The Bertz CT molecular complexity index is 682. The fourth-order valence-corrected chi connectivity index (χ4v) is 2.73. The van der Waals surface area contributed by atoms with Crippen molar-refractivity contribution in [3.8, 4) is 0 Å². The maximum Gasteiger partial charge on any atom is 0.405 e. The summed E-state index contributed by atoms with van der Waals surface area (Å²) >= 11 is 0. The zero-order chi connectivity index (χ0) is 18.8. The SMILES string of the molecule is CN(CC(F)(F)F)S(=O)(=O)c1ccc(C(=O)NCC(F)(F)F)cc1. The third-order valence-electron chi connectivity index (χ3n) is 2.68. The van der Waals surface area contributed by atoms with E-state index in [-0.39, 0.29) is 9.87 Å². The lowest BCUT2D eigenvalue weighted by Gasteiger charge is -2.18. The Hall–Kier alpha value is -1.82. The zero-order valence-corrected chi connectivity index (χ0v) is 12.9. The second-order valence-electron chi connectivity index (χ2n) is 4.70. The molecule has 0 radical (unpaired) electrons. The predicted molar refractivity (Wildman–Crippen MR) is 70.7 cm³/mol. The van der Waals surface area contributed by atoms with Crippen molar-refractivity contribution in [1.29, 1.82) is 0 Å². The Morgan fingerprint density at radius 1 is 1.04 bits per heavy atom. The molecule has 0 bridgehead atoms. The summed E-state index contributed by atoms with van der Waals surface area (Å²) in [6, 6.07) is 3.48. The van der Waals surface area contributed by atoms with E-state index in [9.17, 15) is 39.6 Å². The highest BCUT2D eigenvalue weighted by Crippen LogP contribution is 2.21. The van der Waals surface area contributed by atoms with Crippen LogP contribution in [0, 0.1) is 0 Å². The fraction of sp³-hybridized carbons (Fsp3) is 0.417. The Morgan fingerprint density at radius 2 is 1.54 bits per heavy atom. The molecule has 0 aliphatic carbocycles. The van der Waals surface area contributed by atoms with Crippen LogP contribution in [0.25, 0.3) is 0 Å². The number of hydrogen-bond acceptors (Lipinski definition) is 3. The molecule has 0 saturated heterocycles. The molecule has 1 aromatic carbocycles. The average molecular weight is 378 g/mol. The highest BCUT2D eigenvalue weighted by Gasteiger charge is 2.35. The first kappa shape index (κ1) is 20.2. The van der Waals surface area contributed by atoms with Gasteiger partial charge in [-0.2, -0.15) is 30.6 Å². The van der Waals surface area contributed by atoms with Gasteiger partial charge in [0, 0.05) is 12.6 Å². The number of carbonyl (C=O) groups excluding carboxylic acids is 1. The summed E-state index contributed by atoms with van der Waals surface area (Å²) in [4.78, 5) is 10.9. The second kappa shape index (κ2) is 6.97. The van der Waals surface area contributed by atoms with Gasteiger partial charge in [-0.25, -0.2) is 8.42 Å². The molecule has 1 aromatic rings. The van der Waals surface area contributed by atoms with Crippen LogP contribution >= 0.6 is 0 Å². The number of amides is 1. The van der Waals surface area contributed by atoms with Crippen LogP contribution in [0.15, 0.2) is 29.2 Å². The van der Waals surface area contributed by atoms with Crippen molar-refractivity contribution in [2.24, 2.45) is 0 Å². The van der Waals surface area contributed by atoms with Gasteiger partial charge in [-0.3, -0.25) is 4.79 Å². The molecular formula is C12H12F6N2O3S. The van der Waals surface area contributed by atoms with E-state index in [1.54, 1.807) is 5.32 Å².